The molecule has 1 aliphatic rings. The van der Waals surface area contributed by atoms with Gasteiger partial charge in [0.05, 0.1) is 19.6 Å². The number of aromatic nitrogens is 1. The molecule has 1 aromatic rings. The molecule has 6 heteroatoms. The number of hydrogen-bond donors (Lipinski definition) is 1. The van der Waals surface area contributed by atoms with Crippen molar-refractivity contribution >= 4 is 5.91 Å². The summed E-state index contributed by atoms with van der Waals surface area (Å²) in [5, 5.41) is 0. The zero-order chi connectivity index (χ0) is 13.5. The zero-order valence-corrected chi connectivity index (χ0v) is 10.9. The molecule has 1 aromatic heterocycles. The summed E-state index contributed by atoms with van der Waals surface area (Å²) in [6.07, 6.45) is 3.67. The molecule has 1 N–H and O–H groups in total. The van der Waals surface area contributed by atoms with Crippen molar-refractivity contribution in [2.45, 2.75) is 32.2 Å². The molecule has 0 saturated carbocycles. The van der Waals surface area contributed by atoms with E-state index in [9.17, 15) is 4.79 Å². The van der Waals surface area contributed by atoms with Gasteiger partial charge in [-0.3, -0.25) is 14.6 Å². The molecule has 0 unspecified atom stereocenters. The van der Waals surface area contributed by atoms with Gasteiger partial charge in [0.1, 0.15) is 6.10 Å². The maximum atomic E-state index is 11.6. The van der Waals surface area contributed by atoms with E-state index in [2.05, 4.69) is 10.5 Å². The molecule has 0 radical (unpaired) electrons. The second-order valence-corrected chi connectivity index (χ2v) is 4.29. The van der Waals surface area contributed by atoms with Gasteiger partial charge in [-0.25, -0.2) is 5.48 Å². The first-order valence-corrected chi connectivity index (χ1v) is 6.33. The molecule has 2 heterocycles. The van der Waals surface area contributed by atoms with Crippen LogP contribution in [-0.2, 0) is 19.1 Å². The molecule has 0 aliphatic carbocycles. The van der Waals surface area contributed by atoms with Crippen molar-refractivity contribution in [1.82, 2.24) is 10.5 Å². The predicted molar refractivity (Wildman–Crippen MR) is 66.8 cm³/mol. The maximum absolute atomic E-state index is 11.6. The maximum Gasteiger partial charge on any atom is 0.248 e. The van der Waals surface area contributed by atoms with Gasteiger partial charge in [0.25, 0.3) is 0 Å². The van der Waals surface area contributed by atoms with Crippen LogP contribution >= 0.6 is 0 Å². The molecule has 1 fully saturated rings. The number of ether oxygens (including phenoxy) is 2. The normalized spacial score (nSPS) is 17.9. The minimum absolute atomic E-state index is 0.142. The first kappa shape index (κ1) is 13.9. The summed E-state index contributed by atoms with van der Waals surface area (Å²) in [5.74, 6) is -0.257. The number of hydroxylamine groups is 1. The largest absolute Gasteiger partial charge is 0.352 e. The van der Waals surface area contributed by atoms with Crippen LogP contribution in [0.1, 0.15) is 31.4 Å². The van der Waals surface area contributed by atoms with Crippen molar-refractivity contribution in [3.8, 4) is 0 Å². The molecule has 1 aliphatic heterocycles. The average Bonchev–Trinajstić information content (AvgIpc) is 2.47. The molecule has 0 aromatic carbocycles. The van der Waals surface area contributed by atoms with Crippen molar-refractivity contribution in [1.29, 1.82) is 0 Å². The molecule has 19 heavy (non-hydrogen) atoms. The minimum Gasteiger partial charge on any atom is -0.352 e. The van der Waals surface area contributed by atoms with Crippen molar-refractivity contribution in [3.63, 3.8) is 0 Å². The zero-order valence-electron chi connectivity index (χ0n) is 10.9. The fraction of sp³-hybridized carbons (Fsp3) is 0.538. The summed E-state index contributed by atoms with van der Waals surface area (Å²) < 4.78 is 10.6. The summed E-state index contributed by atoms with van der Waals surface area (Å²) in [4.78, 5) is 20.9. The van der Waals surface area contributed by atoms with Gasteiger partial charge in [-0.15, -0.1) is 0 Å². The Morgan fingerprint density at radius 3 is 2.84 bits per heavy atom. The van der Waals surface area contributed by atoms with E-state index in [-0.39, 0.29) is 18.4 Å². The number of nitrogens with zero attached hydrogens (tertiary/aromatic N) is 1. The highest BCUT2D eigenvalue weighted by Crippen LogP contribution is 2.14. The predicted octanol–water partition coefficient (Wildman–Crippen LogP) is 1.34. The van der Waals surface area contributed by atoms with E-state index in [4.69, 9.17) is 14.3 Å². The Morgan fingerprint density at radius 1 is 1.47 bits per heavy atom. The Hall–Kier alpha value is -1.50. The van der Waals surface area contributed by atoms with E-state index < -0.39 is 6.29 Å². The first-order chi connectivity index (χ1) is 9.25. The van der Waals surface area contributed by atoms with Gasteiger partial charge < -0.3 is 9.47 Å². The van der Waals surface area contributed by atoms with E-state index >= 15 is 0 Å². The third-order valence-corrected chi connectivity index (χ3v) is 2.77. The second kappa shape index (κ2) is 7.18. The summed E-state index contributed by atoms with van der Waals surface area (Å²) in [5.41, 5.74) is 3.35. The smallest absolute Gasteiger partial charge is 0.248 e. The highest BCUT2D eigenvalue weighted by molar-refractivity contribution is 5.75. The molecule has 0 spiro atoms. The van der Waals surface area contributed by atoms with Gasteiger partial charge in [-0.1, -0.05) is 0 Å². The summed E-state index contributed by atoms with van der Waals surface area (Å²) >= 11 is 0. The Kier molecular flexibility index (Phi) is 5.26. The highest BCUT2D eigenvalue weighted by Gasteiger charge is 2.18. The highest BCUT2D eigenvalue weighted by atomic mass is 16.7. The number of carbonyl (C=O) groups is 1. The summed E-state index contributed by atoms with van der Waals surface area (Å²) in [6, 6.07) is 3.67. The van der Waals surface area contributed by atoms with Crippen LogP contribution in [0.5, 0.6) is 0 Å². The molecule has 6 nitrogen and oxygen atoms in total. The van der Waals surface area contributed by atoms with Crippen molar-refractivity contribution in [2.75, 3.05) is 13.2 Å². The van der Waals surface area contributed by atoms with Crippen LogP contribution < -0.4 is 5.48 Å². The van der Waals surface area contributed by atoms with Gasteiger partial charge >= 0.3 is 0 Å². The van der Waals surface area contributed by atoms with Crippen LogP contribution in [0.4, 0.5) is 0 Å². The molecule has 0 bridgehead atoms. The number of carbonyl (C=O) groups excluding carboxylic acids is 1. The fourth-order valence-corrected chi connectivity index (χ4v) is 1.70. The molecule has 1 saturated heterocycles. The standard InChI is InChI=1S/C13H18N2O4/c1-10(11-3-5-14-6-4-11)19-15-12(16)9-13-17-7-2-8-18-13/h3-6,10,13H,2,7-9H2,1H3,(H,15,16)/t10-/m0/s1. The summed E-state index contributed by atoms with van der Waals surface area (Å²) in [7, 11) is 0. The number of amides is 1. The van der Waals surface area contributed by atoms with Crippen LogP contribution in [0.3, 0.4) is 0 Å². The van der Waals surface area contributed by atoms with E-state index in [0.717, 1.165) is 12.0 Å². The van der Waals surface area contributed by atoms with Gasteiger partial charge in [0.15, 0.2) is 6.29 Å². The molecular formula is C13H18N2O4. The van der Waals surface area contributed by atoms with Gasteiger partial charge in [0, 0.05) is 12.4 Å². The Labute approximate surface area is 112 Å². The van der Waals surface area contributed by atoms with Gasteiger partial charge in [-0.05, 0) is 31.0 Å². The Bertz CT molecular complexity index is 393. The van der Waals surface area contributed by atoms with Crippen LogP contribution in [0, 0.1) is 0 Å². The van der Waals surface area contributed by atoms with Crippen molar-refractivity contribution in [3.05, 3.63) is 30.1 Å². The minimum atomic E-state index is -0.464. The Balaban J connectivity index is 1.71. The average molecular weight is 266 g/mol. The van der Waals surface area contributed by atoms with Crippen LogP contribution in [0.2, 0.25) is 0 Å². The lowest BCUT2D eigenvalue weighted by Gasteiger charge is -2.22. The molecular weight excluding hydrogens is 248 g/mol. The molecule has 2 rings (SSSR count). The molecule has 1 amide bonds. The van der Waals surface area contributed by atoms with Crippen LogP contribution in [-0.4, -0.2) is 30.4 Å². The third-order valence-electron chi connectivity index (χ3n) is 2.77. The number of nitrogens with one attached hydrogen (secondary N) is 1. The van der Waals surface area contributed by atoms with E-state index in [1.54, 1.807) is 12.4 Å². The fourth-order valence-electron chi connectivity index (χ4n) is 1.70. The third kappa shape index (κ3) is 4.59. The van der Waals surface area contributed by atoms with Crippen molar-refractivity contribution < 1.29 is 19.1 Å². The lowest BCUT2D eigenvalue weighted by molar-refractivity contribution is -0.188. The van der Waals surface area contributed by atoms with Crippen LogP contribution in [0.15, 0.2) is 24.5 Å². The Morgan fingerprint density at radius 2 is 2.16 bits per heavy atom. The van der Waals surface area contributed by atoms with E-state index in [1.807, 2.05) is 19.1 Å². The quantitative estimate of drug-likeness (QED) is 0.814. The molecule has 1 atom stereocenters. The summed E-state index contributed by atoms with van der Waals surface area (Å²) in [6.45, 7) is 3.11. The second-order valence-electron chi connectivity index (χ2n) is 4.29. The van der Waals surface area contributed by atoms with Gasteiger partial charge in [0.2, 0.25) is 5.91 Å². The van der Waals surface area contributed by atoms with E-state index in [0.29, 0.717) is 13.2 Å². The first-order valence-electron chi connectivity index (χ1n) is 6.33. The lowest BCUT2D eigenvalue weighted by atomic mass is 10.2. The molecule has 104 valence electrons. The lowest BCUT2D eigenvalue weighted by Crippen LogP contribution is -2.33. The SMILES string of the molecule is C[C@H](ONC(=O)CC1OCCCO1)c1ccncc1. The number of rotatable bonds is 5. The number of hydrogen-bond acceptors (Lipinski definition) is 5. The van der Waals surface area contributed by atoms with Crippen molar-refractivity contribution in [2.24, 2.45) is 0 Å². The topological polar surface area (TPSA) is 69.7 Å². The van der Waals surface area contributed by atoms with Gasteiger partial charge in [-0.2, -0.15) is 0 Å². The monoisotopic (exact) mass is 266 g/mol. The van der Waals surface area contributed by atoms with E-state index in [1.165, 1.54) is 0 Å². The number of pyridine rings is 1. The van der Waals surface area contributed by atoms with Crippen LogP contribution in [0.25, 0.3) is 0 Å².